The van der Waals surface area contributed by atoms with Gasteiger partial charge in [0, 0.05) is 16.6 Å². The molecule has 0 atom stereocenters. The lowest BCUT2D eigenvalue weighted by molar-refractivity contribution is -0.120. The minimum Gasteiger partial charge on any atom is -0.493 e. The number of rotatable bonds is 6. The molecule has 0 bridgehead atoms. The third-order valence-electron chi connectivity index (χ3n) is 5.13. The highest BCUT2D eigenvalue weighted by atomic mass is 32.1. The third kappa shape index (κ3) is 3.68. The molecule has 0 aliphatic carbocycles. The molecular weight excluding hydrogens is 412 g/mol. The van der Waals surface area contributed by atoms with E-state index in [-0.39, 0.29) is 11.6 Å². The Balaban J connectivity index is 1.81. The van der Waals surface area contributed by atoms with Crippen molar-refractivity contribution in [3.8, 4) is 11.5 Å². The summed E-state index contributed by atoms with van der Waals surface area (Å²) in [7, 11) is 3.05. The van der Waals surface area contributed by atoms with E-state index in [1.807, 2.05) is 49.6 Å². The van der Waals surface area contributed by atoms with Gasteiger partial charge < -0.3 is 14.8 Å². The van der Waals surface area contributed by atoms with Crippen LogP contribution in [-0.4, -0.2) is 26.0 Å². The van der Waals surface area contributed by atoms with E-state index in [0.29, 0.717) is 22.8 Å². The van der Waals surface area contributed by atoms with Crippen LogP contribution in [0.2, 0.25) is 0 Å². The van der Waals surface area contributed by atoms with Crippen molar-refractivity contribution in [3.63, 3.8) is 0 Å². The van der Waals surface area contributed by atoms with E-state index in [4.69, 9.17) is 9.47 Å². The molecule has 2 aromatic carbocycles. The number of ether oxygens (including phenoxy) is 2. The second-order valence-corrected chi connectivity index (χ2v) is 8.10. The Morgan fingerprint density at radius 3 is 2.35 bits per heavy atom. The number of hydrogen-bond acceptors (Lipinski definition) is 6. The van der Waals surface area contributed by atoms with Gasteiger partial charge in [0.05, 0.1) is 25.5 Å². The number of amides is 2. The number of thiophene rings is 1. The van der Waals surface area contributed by atoms with Crippen molar-refractivity contribution >= 4 is 40.1 Å². The van der Waals surface area contributed by atoms with Crippen molar-refractivity contribution in [1.82, 2.24) is 0 Å². The van der Waals surface area contributed by atoms with Gasteiger partial charge in [-0.25, -0.2) is 4.90 Å². The maximum atomic E-state index is 13.5. The van der Waals surface area contributed by atoms with E-state index in [2.05, 4.69) is 5.32 Å². The minimum atomic E-state index is -0.415. The zero-order valence-corrected chi connectivity index (χ0v) is 18.5. The summed E-state index contributed by atoms with van der Waals surface area (Å²) in [5.41, 5.74) is 3.86. The highest BCUT2D eigenvalue weighted by Gasteiger charge is 2.41. The van der Waals surface area contributed by atoms with Gasteiger partial charge in [0.2, 0.25) is 0 Å². The fraction of sp³-hybridized carbons (Fsp3) is 0.167. The second-order valence-electron chi connectivity index (χ2n) is 7.16. The van der Waals surface area contributed by atoms with Gasteiger partial charge in [-0.3, -0.25) is 9.59 Å². The molecule has 2 heterocycles. The lowest BCUT2D eigenvalue weighted by Gasteiger charge is -2.17. The normalized spacial score (nSPS) is 13.7. The first kappa shape index (κ1) is 20.7. The minimum absolute atomic E-state index is 0.260. The van der Waals surface area contributed by atoms with Gasteiger partial charge >= 0.3 is 0 Å². The van der Waals surface area contributed by atoms with Gasteiger partial charge in [0.1, 0.15) is 5.70 Å². The maximum Gasteiger partial charge on any atom is 0.282 e. The second kappa shape index (κ2) is 8.28. The number of aryl methyl sites for hydroxylation is 2. The molecule has 3 aromatic rings. The summed E-state index contributed by atoms with van der Waals surface area (Å²) in [6.07, 6.45) is 0. The van der Waals surface area contributed by atoms with Gasteiger partial charge in [-0.1, -0.05) is 18.2 Å². The van der Waals surface area contributed by atoms with Crippen LogP contribution in [0.15, 0.2) is 59.6 Å². The molecule has 1 aliphatic rings. The summed E-state index contributed by atoms with van der Waals surface area (Å²) in [6, 6.07) is 14.6. The standard InChI is InChI=1S/C24H22N2O4S/c1-14-7-8-15(2)17(12-14)25-22-21(20-6-5-11-31-20)23(27)26(24(22)28)16-9-10-18(29-3)19(13-16)30-4/h5-13,25H,1-4H3. The average molecular weight is 435 g/mol. The number of nitrogens with one attached hydrogen (secondary N) is 1. The molecule has 4 rings (SSSR count). The molecule has 0 saturated heterocycles. The summed E-state index contributed by atoms with van der Waals surface area (Å²) in [5.74, 6) is 0.161. The Morgan fingerprint density at radius 2 is 1.68 bits per heavy atom. The summed E-state index contributed by atoms with van der Waals surface area (Å²) in [4.78, 5) is 28.9. The van der Waals surface area contributed by atoms with E-state index in [1.54, 1.807) is 18.2 Å². The number of nitrogens with zero attached hydrogens (tertiary/aromatic N) is 1. The predicted octanol–water partition coefficient (Wildman–Crippen LogP) is 4.78. The van der Waals surface area contributed by atoms with Crippen LogP contribution in [0.25, 0.3) is 5.57 Å². The molecule has 0 spiro atoms. The lowest BCUT2D eigenvalue weighted by atomic mass is 10.1. The van der Waals surface area contributed by atoms with Crippen LogP contribution in [0.5, 0.6) is 11.5 Å². The van der Waals surface area contributed by atoms with Crippen molar-refractivity contribution < 1.29 is 19.1 Å². The Hall–Kier alpha value is -3.58. The fourth-order valence-electron chi connectivity index (χ4n) is 3.50. The van der Waals surface area contributed by atoms with Gasteiger partial charge in [-0.05, 0) is 54.6 Å². The third-order valence-corrected chi connectivity index (χ3v) is 6.02. The number of methoxy groups -OCH3 is 2. The SMILES string of the molecule is COc1ccc(N2C(=O)C(Nc3cc(C)ccc3C)=C(c3cccs3)C2=O)cc1OC. The van der Waals surface area contributed by atoms with Crippen LogP contribution in [-0.2, 0) is 9.59 Å². The van der Waals surface area contributed by atoms with E-state index in [9.17, 15) is 9.59 Å². The van der Waals surface area contributed by atoms with Crippen LogP contribution >= 0.6 is 11.3 Å². The van der Waals surface area contributed by atoms with Crippen LogP contribution in [0.1, 0.15) is 16.0 Å². The fourth-order valence-corrected chi connectivity index (χ4v) is 4.27. The number of benzene rings is 2. The van der Waals surface area contributed by atoms with E-state index < -0.39 is 5.91 Å². The molecule has 0 fully saturated rings. The van der Waals surface area contributed by atoms with Gasteiger partial charge in [0.15, 0.2) is 11.5 Å². The number of carbonyl (C=O) groups is 2. The van der Waals surface area contributed by atoms with Crippen molar-refractivity contribution in [2.24, 2.45) is 0 Å². The molecule has 0 saturated carbocycles. The molecule has 1 aromatic heterocycles. The number of imide groups is 1. The average Bonchev–Trinajstić information content (AvgIpc) is 3.37. The number of anilines is 2. The zero-order valence-electron chi connectivity index (χ0n) is 17.7. The van der Waals surface area contributed by atoms with Crippen molar-refractivity contribution in [2.45, 2.75) is 13.8 Å². The Labute approximate surface area is 184 Å². The molecule has 31 heavy (non-hydrogen) atoms. The monoisotopic (exact) mass is 434 g/mol. The number of hydrogen-bond donors (Lipinski definition) is 1. The summed E-state index contributed by atoms with van der Waals surface area (Å²) in [6.45, 7) is 3.94. The van der Waals surface area contributed by atoms with Gasteiger partial charge in [-0.15, -0.1) is 11.3 Å². The Kier molecular flexibility index (Phi) is 5.52. The van der Waals surface area contributed by atoms with Crippen LogP contribution in [0.4, 0.5) is 11.4 Å². The predicted molar refractivity (Wildman–Crippen MR) is 123 cm³/mol. The molecule has 2 amide bonds. The molecule has 0 unspecified atom stereocenters. The molecule has 0 radical (unpaired) electrons. The van der Waals surface area contributed by atoms with Gasteiger partial charge in [-0.2, -0.15) is 0 Å². The molecule has 7 heteroatoms. The van der Waals surface area contributed by atoms with Crippen molar-refractivity contribution in [3.05, 3.63) is 75.6 Å². The summed E-state index contributed by atoms with van der Waals surface area (Å²) in [5, 5.41) is 5.12. The zero-order chi connectivity index (χ0) is 22.1. The molecular formula is C24H22N2O4S. The molecule has 6 nitrogen and oxygen atoms in total. The largest absolute Gasteiger partial charge is 0.493 e. The molecule has 158 valence electrons. The lowest BCUT2D eigenvalue weighted by Crippen LogP contribution is -2.32. The van der Waals surface area contributed by atoms with Crippen LogP contribution in [0.3, 0.4) is 0 Å². The Morgan fingerprint density at radius 1 is 0.903 bits per heavy atom. The highest BCUT2D eigenvalue weighted by molar-refractivity contribution is 7.11. The van der Waals surface area contributed by atoms with E-state index >= 15 is 0 Å². The van der Waals surface area contributed by atoms with Crippen molar-refractivity contribution in [2.75, 3.05) is 24.4 Å². The van der Waals surface area contributed by atoms with Gasteiger partial charge in [0.25, 0.3) is 11.8 Å². The first-order valence-electron chi connectivity index (χ1n) is 9.68. The maximum absolute atomic E-state index is 13.5. The van der Waals surface area contributed by atoms with E-state index in [0.717, 1.165) is 21.7 Å². The highest BCUT2D eigenvalue weighted by Crippen LogP contribution is 2.38. The summed E-state index contributed by atoms with van der Waals surface area (Å²) >= 11 is 1.42. The quantitative estimate of drug-likeness (QED) is 0.566. The molecule has 1 N–H and O–H groups in total. The van der Waals surface area contributed by atoms with Crippen LogP contribution in [0, 0.1) is 13.8 Å². The molecule has 1 aliphatic heterocycles. The topological polar surface area (TPSA) is 67.9 Å². The summed E-state index contributed by atoms with van der Waals surface area (Å²) < 4.78 is 10.6. The smallest absolute Gasteiger partial charge is 0.282 e. The van der Waals surface area contributed by atoms with Crippen molar-refractivity contribution in [1.29, 1.82) is 0 Å². The Bertz CT molecular complexity index is 1200. The van der Waals surface area contributed by atoms with Crippen LogP contribution < -0.4 is 19.7 Å². The number of carbonyl (C=O) groups excluding carboxylic acids is 2. The first-order chi connectivity index (χ1) is 14.9. The first-order valence-corrected chi connectivity index (χ1v) is 10.6. The van der Waals surface area contributed by atoms with E-state index in [1.165, 1.54) is 30.5 Å².